The van der Waals surface area contributed by atoms with E-state index in [1.807, 2.05) is 5.32 Å². The molecule has 0 spiro atoms. The molecular weight excluding hydrogens is 305 g/mol. The van der Waals surface area contributed by atoms with Crippen LogP contribution in [0.4, 0.5) is 18.0 Å². The summed E-state index contributed by atoms with van der Waals surface area (Å²) in [5, 5.41) is 4.20. The largest absolute Gasteiger partial charge is 0.452 e. The van der Waals surface area contributed by atoms with Crippen molar-refractivity contribution in [2.75, 3.05) is 13.2 Å². The highest BCUT2D eigenvalue weighted by Gasteiger charge is 2.30. The molecule has 6 nitrogen and oxygen atoms in total. The van der Waals surface area contributed by atoms with Crippen molar-refractivity contribution in [1.82, 2.24) is 10.6 Å². The van der Waals surface area contributed by atoms with E-state index in [9.17, 15) is 27.6 Å². The van der Waals surface area contributed by atoms with E-state index in [1.165, 1.54) is 0 Å². The molecule has 0 aliphatic heterocycles. The Hall–Kier alpha value is -2.58. The highest BCUT2D eigenvalue weighted by molar-refractivity contribution is 5.96. The molecule has 3 amide bonds. The van der Waals surface area contributed by atoms with Crippen molar-refractivity contribution < 1.29 is 32.3 Å². The number of carbonyl (C=O) groups excluding carboxylic acids is 3. The number of urea groups is 1. The van der Waals surface area contributed by atoms with Crippen LogP contribution in [0.15, 0.2) is 24.3 Å². The van der Waals surface area contributed by atoms with Gasteiger partial charge >= 0.3 is 18.2 Å². The summed E-state index contributed by atoms with van der Waals surface area (Å²) in [6.07, 6.45) is -4.51. The van der Waals surface area contributed by atoms with Gasteiger partial charge in [-0.1, -0.05) is 0 Å². The van der Waals surface area contributed by atoms with Gasteiger partial charge in [0.05, 0.1) is 11.1 Å². The summed E-state index contributed by atoms with van der Waals surface area (Å²) in [5.41, 5.74) is -1.04. The molecule has 2 N–H and O–H groups in total. The monoisotopic (exact) mass is 318 g/mol. The van der Waals surface area contributed by atoms with Gasteiger partial charge in [-0.25, -0.2) is 9.59 Å². The van der Waals surface area contributed by atoms with Crippen LogP contribution in [0.2, 0.25) is 0 Å². The van der Waals surface area contributed by atoms with Crippen LogP contribution in [0.25, 0.3) is 0 Å². The molecule has 0 aromatic heterocycles. The minimum Gasteiger partial charge on any atom is -0.452 e. The lowest BCUT2D eigenvalue weighted by Gasteiger charge is -2.08. The SMILES string of the molecule is CCNC(=O)NC(=O)COC(=O)c1ccc(C(F)(F)F)cc1. The number of alkyl halides is 3. The van der Waals surface area contributed by atoms with Gasteiger partial charge in [0.15, 0.2) is 6.61 Å². The summed E-state index contributed by atoms with van der Waals surface area (Å²) in [7, 11) is 0. The van der Waals surface area contributed by atoms with E-state index in [2.05, 4.69) is 10.1 Å². The Bertz CT molecular complexity index is 555. The first kappa shape index (κ1) is 17.5. The average molecular weight is 318 g/mol. The molecule has 0 radical (unpaired) electrons. The van der Waals surface area contributed by atoms with Gasteiger partial charge in [-0.3, -0.25) is 10.1 Å². The van der Waals surface area contributed by atoms with Crippen LogP contribution in [-0.2, 0) is 15.7 Å². The van der Waals surface area contributed by atoms with Crippen molar-refractivity contribution in [2.24, 2.45) is 0 Å². The smallest absolute Gasteiger partial charge is 0.416 e. The number of carbonyl (C=O) groups is 3. The number of benzene rings is 1. The average Bonchev–Trinajstić information content (AvgIpc) is 2.44. The van der Waals surface area contributed by atoms with Crippen LogP contribution < -0.4 is 10.6 Å². The maximum absolute atomic E-state index is 12.4. The minimum absolute atomic E-state index is 0.140. The zero-order valence-corrected chi connectivity index (χ0v) is 11.5. The van der Waals surface area contributed by atoms with E-state index in [-0.39, 0.29) is 5.56 Å². The van der Waals surface area contributed by atoms with Gasteiger partial charge in [0.1, 0.15) is 0 Å². The third-order valence-electron chi connectivity index (χ3n) is 2.37. The molecule has 0 bridgehead atoms. The molecule has 1 aromatic rings. The lowest BCUT2D eigenvalue weighted by Crippen LogP contribution is -2.41. The molecule has 0 atom stereocenters. The Morgan fingerprint density at radius 2 is 1.73 bits per heavy atom. The number of amides is 3. The van der Waals surface area contributed by atoms with Crippen molar-refractivity contribution in [3.05, 3.63) is 35.4 Å². The van der Waals surface area contributed by atoms with Gasteiger partial charge < -0.3 is 10.1 Å². The van der Waals surface area contributed by atoms with Crippen LogP contribution in [0.5, 0.6) is 0 Å². The lowest BCUT2D eigenvalue weighted by molar-refractivity contribution is -0.137. The predicted octanol–water partition coefficient (Wildman–Crippen LogP) is 1.71. The van der Waals surface area contributed by atoms with Gasteiger partial charge in [0.25, 0.3) is 5.91 Å². The second-order valence-electron chi connectivity index (χ2n) is 4.06. The number of nitrogens with one attached hydrogen (secondary N) is 2. The number of hydrogen-bond acceptors (Lipinski definition) is 4. The van der Waals surface area contributed by atoms with Crippen LogP contribution in [0, 0.1) is 0 Å². The predicted molar refractivity (Wildman–Crippen MR) is 68.9 cm³/mol. The Labute approximate surface area is 123 Å². The van der Waals surface area contributed by atoms with Gasteiger partial charge in [-0.05, 0) is 31.2 Å². The van der Waals surface area contributed by atoms with E-state index >= 15 is 0 Å². The van der Waals surface area contributed by atoms with E-state index < -0.39 is 36.3 Å². The Balaban J connectivity index is 2.52. The molecule has 120 valence electrons. The number of rotatable bonds is 4. The van der Waals surface area contributed by atoms with Crippen molar-refractivity contribution in [3.8, 4) is 0 Å². The van der Waals surface area contributed by atoms with Crippen LogP contribution in [0.1, 0.15) is 22.8 Å². The summed E-state index contributed by atoms with van der Waals surface area (Å²) in [4.78, 5) is 33.8. The fraction of sp³-hybridized carbons (Fsp3) is 0.308. The topological polar surface area (TPSA) is 84.5 Å². The molecule has 1 aromatic carbocycles. The van der Waals surface area contributed by atoms with Gasteiger partial charge in [0.2, 0.25) is 0 Å². The van der Waals surface area contributed by atoms with E-state index in [0.29, 0.717) is 6.54 Å². The molecule has 0 saturated carbocycles. The minimum atomic E-state index is -4.51. The third-order valence-corrected chi connectivity index (χ3v) is 2.37. The summed E-state index contributed by atoms with van der Waals surface area (Å²) in [6.45, 7) is 1.23. The zero-order chi connectivity index (χ0) is 16.8. The molecule has 0 unspecified atom stereocenters. The second kappa shape index (κ2) is 7.43. The molecule has 0 fully saturated rings. The first-order chi connectivity index (χ1) is 10.2. The fourth-order valence-electron chi connectivity index (χ4n) is 1.38. The fourth-order valence-corrected chi connectivity index (χ4v) is 1.38. The Kier molecular flexibility index (Phi) is 5.90. The quantitative estimate of drug-likeness (QED) is 0.828. The summed E-state index contributed by atoms with van der Waals surface area (Å²) >= 11 is 0. The first-order valence-corrected chi connectivity index (χ1v) is 6.16. The standard InChI is InChI=1S/C13H13F3N2O4/c1-2-17-12(21)18-10(19)7-22-11(20)8-3-5-9(6-4-8)13(14,15)16/h3-6H,2,7H2,1H3,(H2,17,18,19,21). The molecular formula is C13H13F3N2O4. The van der Waals surface area contributed by atoms with Crippen LogP contribution >= 0.6 is 0 Å². The van der Waals surface area contributed by atoms with Crippen molar-refractivity contribution in [2.45, 2.75) is 13.1 Å². The summed E-state index contributed by atoms with van der Waals surface area (Å²) < 4.78 is 41.6. The molecule has 1 rings (SSSR count). The van der Waals surface area contributed by atoms with Gasteiger partial charge in [0, 0.05) is 6.54 Å². The molecule has 9 heteroatoms. The van der Waals surface area contributed by atoms with Crippen molar-refractivity contribution >= 4 is 17.9 Å². The molecule has 0 heterocycles. The van der Waals surface area contributed by atoms with Crippen LogP contribution in [-0.4, -0.2) is 31.1 Å². The lowest BCUT2D eigenvalue weighted by atomic mass is 10.1. The maximum Gasteiger partial charge on any atom is 0.416 e. The number of hydrogen-bond donors (Lipinski definition) is 2. The normalized spacial score (nSPS) is 10.7. The molecule has 0 aliphatic carbocycles. The van der Waals surface area contributed by atoms with Gasteiger partial charge in [-0.15, -0.1) is 0 Å². The molecule has 0 aliphatic rings. The number of imide groups is 1. The van der Waals surface area contributed by atoms with Crippen molar-refractivity contribution in [1.29, 1.82) is 0 Å². The highest BCUT2D eigenvalue weighted by atomic mass is 19.4. The first-order valence-electron chi connectivity index (χ1n) is 6.16. The number of esters is 1. The Morgan fingerprint density at radius 3 is 2.23 bits per heavy atom. The molecule has 0 saturated heterocycles. The highest BCUT2D eigenvalue weighted by Crippen LogP contribution is 2.29. The number of ether oxygens (including phenoxy) is 1. The van der Waals surface area contributed by atoms with E-state index in [0.717, 1.165) is 24.3 Å². The van der Waals surface area contributed by atoms with E-state index in [4.69, 9.17) is 0 Å². The third kappa shape index (κ3) is 5.43. The van der Waals surface area contributed by atoms with Crippen LogP contribution in [0.3, 0.4) is 0 Å². The van der Waals surface area contributed by atoms with Gasteiger partial charge in [-0.2, -0.15) is 13.2 Å². The number of halogens is 3. The maximum atomic E-state index is 12.4. The Morgan fingerprint density at radius 1 is 1.14 bits per heavy atom. The second-order valence-corrected chi connectivity index (χ2v) is 4.06. The molecule has 22 heavy (non-hydrogen) atoms. The summed E-state index contributed by atoms with van der Waals surface area (Å²) in [6, 6.07) is 2.59. The zero-order valence-electron chi connectivity index (χ0n) is 11.5. The van der Waals surface area contributed by atoms with E-state index in [1.54, 1.807) is 6.92 Å². The van der Waals surface area contributed by atoms with Crippen molar-refractivity contribution in [3.63, 3.8) is 0 Å². The summed E-state index contributed by atoms with van der Waals surface area (Å²) in [5.74, 6) is -1.83.